The van der Waals surface area contributed by atoms with Crippen LogP contribution in [-0.4, -0.2) is 33.0 Å². The Labute approximate surface area is 233 Å². The molecule has 4 aromatic rings. The van der Waals surface area contributed by atoms with Gasteiger partial charge in [0.25, 0.3) is 11.8 Å². The number of para-hydroxylation sites is 1. The summed E-state index contributed by atoms with van der Waals surface area (Å²) in [7, 11) is 0. The molecular weight excluding hydrogens is 500 g/mol. The number of likely N-dealkylation sites (N-methyl/N-ethyl adjacent to an activating group) is 1. The van der Waals surface area contributed by atoms with Gasteiger partial charge in [-0.2, -0.15) is 10.4 Å². The first-order chi connectivity index (χ1) is 19.4. The largest absolute Gasteiger partial charge is 0.489 e. The molecule has 1 aliphatic heterocycles. The van der Waals surface area contributed by atoms with E-state index in [9.17, 15) is 14.9 Å². The van der Waals surface area contributed by atoms with Gasteiger partial charge in [-0.15, -0.1) is 0 Å². The van der Waals surface area contributed by atoms with Crippen LogP contribution in [0.4, 0.5) is 0 Å². The van der Waals surface area contributed by atoms with Crippen molar-refractivity contribution in [2.75, 3.05) is 6.54 Å². The standard InChI is InChI=1S/C33H28N4O3/c1-4-36-32(38)28(23(3)29(19-34)33(36)39)18-26-20-37(27-13-9-6-10-14-27)35-31(26)25-15-16-30(22(2)17-25)40-21-24-11-7-5-8-12-24/h5-18,20H,4,21H2,1-3H3/b28-18+. The molecule has 2 heterocycles. The second-order valence-electron chi connectivity index (χ2n) is 9.49. The van der Waals surface area contributed by atoms with Crippen molar-refractivity contribution in [2.45, 2.75) is 27.4 Å². The molecule has 0 saturated heterocycles. The lowest BCUT2D eigenvalue weighted by Gasteiger charge is -2.26. The minimum atomic E-state index is -0.563. The molecule has 0 N–H and O–H groups in total. The number of carbonyl (C=O) groups excluding carboxylic acids is 2. The highest BCUT2D eigenvalue weighted by Crippen LogP contribution is 2.33. The van der Waals surface area contributed by atoms with Gasteiger partial charge in [-0.1, -0.05) is 48.5 Å². The number of imide groups is 1. The molecule has 0 saturated carbocycles. The predicted molar refractivity (Wildman–Crippen MR) is 153 cm³/mol. The van der Waals surface area contributed by atoms with Crippen molar-refractivity contribution in [1.82, 2.24) is 14.7 Å². The minimum Gasteiger partial charge on any atom is -0.489 e. The summed E-state index contributed by atoms with van der Waals surface area (Å²) >= 11 is 0. The van der Waals surface area contributed by atoms with Gasteiger partial charge in [0.05, 0.1) is 11.4 Å². The molecule has 1 aromatic heterocycles. The molecule has 0 bridgehead atoms. The Morgan fingerprint density at radius 2 is 1.65 bits per heavy atom. The second kappa shape index (κ2) is 11.3. The van der Waals surface area contributed by atoms with Gasteiger partial charge in [0, 0.05) is 29.4 Å². The molecule has 7 heteroatoms. The van der Waals surface area contributed by atoms with Crippen LogP contribution >= 0.6 is 0 Å². The van der Waals surface area contributed by atoms with Gasteiger partial charge in [0.2, 0.25) is 0 Å². The fourth-order valence-corrected chi connectivity index (χ4v) is 4.70. The Hall–Kier alpha value is -5.22. The summed E-state index contributed by atoms with van der Waals surface area (Å²) in [4.78, 5) is 27.1. The highest BCUT2D eigenvalue weighted by molar-refractivity contribution is 6.19. The first-order valence-electron chi connectivity index (χ1n) is 13.0. The minimum absolute atomic E-state index is 0.0273. The maximum absolute atomic E-state index is 13.3. The number of rotatable bonds is 7. The third kappa shape index (κ3) is 5.07. The average Bonchev–Trinajstić information content (AvgIpc) is 3.40. The Balaban J connectivity index is 1.59. The zero-order valence-electron chi connectivity index (χ0n) is 22.6. The SMILES string of the molecule is CCN1C(=O)C(C#N)=C(C)/C(=C\c2cn(-c3ccccc3)nc2-c2ccc(OCc3ccccc3)c(C)c2)C1=O. The summed E-state index contributed by atoms with van der Waals surface area (Å²) in [5.74, 6) is -0.221. The van der Waals surface area contributed by atoms with E-state index >= 15 is 0 Å². The van der Waals surface area contributed by atoms with E-state index in [-0.39, 0.29) is 12.1 Å². The number of benzene rings is 3. The molecule has 3 aromatic carbocycles. The fourth-order valence-electron chi connectivity index (χ4n) is 4.70. The molecule has 1 aliphatic rings. The number of amides is 2. The summed E-state index contributed by atoms with van der Waals surface area (Å²) < 4.78 is 7.83. The summed E-state index contributed by atoms with van der Waals surface area (Å²) in [6.45, 7) is 5.97. The first kappa shape index (κ1) is 26.4. The van der Waals surface area contributed by atoms with E-state index in [2.05, 4.69) is 0 Å². The second-order valence-corrected chi connectivity index (χ2v) is 9.49. The van der Waals surface area contributed by atoms with Gasteiger partial charge < -0.3 is 4.74 Å². The van der Waals surface area contributed by atoms with Crippen molar-refractivity contribution in [3.8, 4) is 28.8 Å². The molecule has 198 valence electrons. The highest BCUT2D eigenvalue weighted by Gasteiger charge is 2.34. The lowest BCUT2D eigenvalue weighted by atomic mass is 9.93. The van der Waals surface area contributed by atoms with Crippen LogP contribution < -0.4 is 4.74 Å². The third-order valence-corrected chi connectivity index (χ3v) is 6.89. The lowest BCUT2D eigenvalue weighted by molar-refractivity contribution is -0.140. The van der Waals surface area contributed by atoms with Crippen molar-refractivity contribution in [3.63, 3.8) is 0 Å². The maximum atomic E-state index is 13.3. The van der Waals surface area contributed by atoms with Gasteiger partial charge in [0.15, 0.2) is 0 Å². The average molecular weight is 529 g/mol. The lowest BCUT2D eigenvalue weighted by Crippen LogP contribution is -2.42. The van der Waals surface area contributed by atoms with E-state index in [1.165, 1.54) is 0 Å². The molecule has 5 rings (SSSR count). The summed E-state index contributed by atoms with van der Waals surface area (Å²) in [6.07, 6.45) is 3.58. The molecule has 7 nitrogen and oxygen atoms in total. The van der Waals surface area contributed by atoms with Crippen molar-refractivity contribution in [2.24, 2.45) is 0 Å². The van der Waals surface area contributed by atoms with Crippen molar-refractivity contribution < 1.29 is 14.3 Å². The highest BCUT2D eigenvalue weighted by atomic mass is 16.5. The third-order valence-electron chi connectivity index (χ3n) is 6.89. The monoisotopic (exact) mass is 528 g/mol. The van der Waals surface area contributed by atoms with E-state index in [0.29, 0.717) is 29.0 Å². The smallest absolute Gasteiger partial charge is 0.271 e. The van der Waals surface area contributed by atoms with Crippen LogP contribution in [0.2, 0.25) is 0 Å². The number of hydrogen-bond donors (Lipinski definition) is 0. The number of nitriles is 1. The number of aromatic nitrogens is 2. The number of hydrogen-bond acceptors (Lipinski definition) is 5. The molecule has 0 spiro atoms. The Morgan fingerprint density at radius 3 is 2.30 bits per heavy atom. The zero-order chi connectivity index (χ0) is 28.2. The van der Waals surface area contributed by atoms with E-state index in [1.807, 2.05) is 98.1 Å². The molecule has 0 unspecified atom stereocenters. The van der Waals surface area contributed by atoms with Crippen molar-refractivity contribution >= 4 is 17.9 Å². The van der Waals surface area contributed by atoms with E-state index in [0.717, 1.165) is 33.0 Å². The van der Waals surface area contributed by atoms with Crippen LogP contribution in [-0.2, 0) is 16.2 Å². The van der Waals surface area contributed by atoms with Crippen LogP contribution in [0.15, 0.2) is 102 Å². The van der Waals surface area contributed by atoms with Crippen molar-refractivity contribution in [3.05, 3.63) is 118 Å². The van der Waals surface area contributed by atoms with Gasteiger partial charge in [-0.25, -0.2) is 4.68 Å². The van der Waals surface area contributed by atoms with Gasteiger partial charge in [-0.05, 0) is 73.9 Å². The Bertz CT molecular complexity index is 1690. The summed E-state index contributed by atoms with van der Waals surface area (Å²) in [6, 6.07) is 27.5. The van der Waals surface area contributed by atoms with Gasteiger partial charge >= 0.3 is 0 Å². The Kier molecular flexibility index (Phi) is 7.43. The van der Waals surface area contributed by atoms with Crippen LogP contribution in [0.5, 0.6) is 5.75 Å². The summed E-state index contributed by atoms with van der Waals surface area (Å²) in [5.41, 5.74) is 5.71. The van der Waals surface area contributed by atoms with Crippen LogP contribution in [0.3, 0.4) is 0 Å². The Morgan fingerprint density at radius 1 is 0.950 bits per heavy atom. The summed E-state index contributed by atoms with van der Waals surface area (Å²) in [5, 5.41) is 14.5. The van der Waals surface area contributed by atoms with E-state index in [4.69, 9.17) is 9.84 Å². The van der Waals surface area contributed by atoms with Crippen molar-refractivity contribution in [1.29, 1.82) is 5.26 Å². The fraction of sp³-hybridized carbons (Fsp3) is 0.152. The predicted octanol–water partition coefficient (Wildman–Crippen LogP) is 6.04. The quantitative estimate of drug-likeness (QED) is 0.216. The number of nitrogens with zero attached hydrogens (tertiary/aromatic N) is 4. The van der Waals surface area contributed by atoms with Crippen LogP contribution in [0.25, 0.3) is 23.0 Å². The van der Waals surface area contributed by atoms with E-state index < -0.39 is 11.8 Å². The molecular formula is C33H28N4O3. The molecule has 40 heavy (non-hydrogen) atoms. The van der Waals surface area contributed by atoms with E-state index in [1.54, 1.807) is 24.6 Å². The molecule has 2 amide bonds. The number of aryl methyl sites for hydroxylation is 1. The molecule has 0 fully saturated rings. The number of carbonyl (C=O) groups is 2. The van der Waals surface area contributed by atoms with Crippen LogP contribution in [0.1, 0.15) is 30.5 Å². The van der Waals surface area contributed by atoms with Gasteiger partial charge in [0.1, 0.15) is 24.0 Å². The topological polar surface area (TPSA) is 88.2 Å². The first-order valence-corrected chi connectivity index (χ1v) is 13.0. The van der Waals surface area contributed by atoms with Gasteiger partial charge in [-0.3, -0.25) is 14.5 Å². The molecule has 0 atom stereocenters. The number of ether oxygens (including phenoxy) is 1. The van der Waals surface area contributed by atoms with Crippen LogP contribution in [0, 0.1) is 18.3 Å². The zero-order valence-corrected chi connectivity index (χ0v) is 22.6. The maximum Gasteiger partial charge on any atom is 0.271 e. The molecule has 0 radical (unpaired) electrons. The normalized spacial score (nSPS) is 14.6. The molecule has 0 aliphatic carbocycles.